The number of nitrogens with zero attached hydrogens (tertiary/aromatic N) is 1. The zero-order valence-electron chi connectivity index (χ0n) is 14.2. The fourth-order valence-electron chi connectivity index (χ4n) is 2.66. The molecule has 0 amide bonds. The van der Waals surface area contributed by atoms with Crippen molar-refractivity contribution in [3.63, 3.8) is 0 Å². The maximum Gasteiger partial charge on any atom is 0.123 e. The fourth-order valence-corrected chi connectivity index (χ4v) is 2.84. The molecule has 0 aromatic heterocycles. The van der Waals surface area contributed by atoms with E-state index < -0.39 is 0 Å². The highest BCUT2D eigenvalue weighted by molar-refractivity contribution is 6.30. The van der Waals surface area contributed by atoms with Gasteiger partial charge in [0.2, 0.25) is 0 Å². The molecule has 2 unspecified atom stereocenters. The van der Waals surface area contributed by atoms with Gasteiger partial charge in [0.25, 0.3) is 0 Å². The van der Waals surface area contributed by atoms with E-state index in [2.05, 4.69) is 45.1 Å². The first-order valence-corrected chi connectivity index (χ1v) is 8.02. The average Bonchev–Trinajstić information content (AvgIpc) is 2.47. The number of ether oxygens (including phenoxy) is 1. The molecule has 0 radical (unpaired) electrons. The highest BCUT2D eigenvalue weighted by atomic mass is 35.5. The van der Waals surface area contributed by atoms with Gasteiger partial charge in [-0.25, -0.2) is 0 Å². The summed E-state index contributed by atoms with van der Waals surface area (Å²) in [5, 5.41) is 4.42. The van der Waals surface area contributed by atoms with Gasteiger partial charge in [0.15, 0.2) is 0 Å². The van der Waals surface area contributed by atoms with Gasteiger partial charge >= 0.3 is 0 Å². The van der Waals surface area contributed by atoms with Crippen LogP contribution in [0, 0.1) is 0 Å². The van der Waals surface area contributed by atoms with E-state index in [1.54, 1.807) is 7.11 Å². The van der Waals surface area contributed by atoms with Crippen LogP contribution in [0.5, 0.6) is 5.75 Å². The van der Waals surface area contributed by atoms with E-state index in [1.807, 2.05) is 18.2 Å². The number of methoxy groups -OCH3 is 1. The second-order valence-electron chi connectivity index (χ2n) is 5.88. The highest BCUT2D eigenvalue weighted by Crippen LogP contribution is 2.38. The van der Waals surface area contributed by atoms with Crippen molar-refractivity contribution in [1.29, 1.82) is 0 Å². The van der Waals surface area contributed by atoms with Gasteiger partial charge in [-0.15, -0.1) is 0 Å². The molecule has 1 N–H and O–H groups in total. The van der Waals surface area contributed by atoms with Crippen molar-refractivity contribution in [3.8, 4) is 5.75 Å². The molecule has 0 saturated heterocycles. The van der Waals surface area contributed by atoms with Gasteiger partial charge in [-0.1, -0.05) is 25.4 Å². The lowest BCUT2D eigenvalue weighted by molar-refractivity contribution is 0.111. The topological polar surface area (TPSA) is 24.5 Å². The van der Waals surface area contributed by atoms with Crippen molar-refractivity contribution < 1.29 is 4.74 Å². The molecule has 0 bridgehead atoms. The third-order valence-electron chi connectivity index (χ3n) is 4.46. The minimum Gasteiger partial charge on any atom is -0.496 e. The van der Waals surface area contributed by atoms with Crippen LogP contribution in [0.2, 0.25) is 5.02 Å². The summed E-state index contributed by atoms with van der Waals surface area (Å²) in [6, 6.07) is 6.00. The van der Waals surface area contributed by atoms with E-state index in [9.17, 15) is 0 Å². The van der Waals surface area contributed by atoms with Crippen LogP contribution in [0.1, 0.15) is 45.2 Å². The molecule has 4 heteroatoms. The van der Waals surface area contributed by atoms with E-state index in [1.165, 1.54) is 0 Å². The number of halogens is 1. The molecule has 0 fully saturated rings. The molecule has 21 heavy (non-hydrogen) atoms. The SMILES string of the molecule is CCCNC(c1cc(Cl)ccc1OC)C(C)(CC)N(C)C. The summed E-state index contributed by atoms with van der Waals surface area (Å²) in [6.07, 6.45) is 2.11. The predicted octanol–water partition coefficient (Wildman–Crippen LogP) is 4.12. The van der Waals surface area contributed by atoms with Crippen LogP contribution in [0.3, 0.4) is 0 Å². The van der Waals surface area contributed by atoms with Crippen LogP contribution in [-0.2, 0) is 0 Å². The Morgan fingerprint density at radius 3 is 2.48 bits per heavy atom. The van der Waals surface area contributed by atoms with Crippen molar-refractivity contribution in [2.45, 2.75) is 45.2 Å². The lowest BCUT2D eigenvalue weighted by atomic mass is 9.83. The van der Waals surface area contributed by atoms with Gasteiger partial charge in [-0.05, 0) is 58.6 Å². The van der Waals surface area contributed by atoms with Gasteiger partial charge < -0.3 is 15.0 Å². The number of hydrogen-bond acceptors (Lipinski definition) is 3. The minimum atomic E-state index is -0.0207. The summed E-state index contributed by atoms with van der Waals surface area (Å²) in [4.78, 5) is 2.28. The molecule has 120 valence electrons. The molecule has 3 nitrogen and oxygen atoms in total. The van der Waals surface area contributed by atoms with Crippen molar-refractivity contribution >= 4 is 11.6 Å². The molecular formula is C17H29ClN2O. The summed E-state index contributed by atoms with van der Waals surface area (Å²) < 4.78 is 5.56. The van der Waals surface area contributed by atoms with Gasteiger partial charge in [-0.2, -0.15) is 0 Å². The molecular weight excluding hydrogens is 284 g/mol. The lowest BCUT2D eigenvalue weighted by Gasteiger charge is -2.43. The summed E-state index contributed by atoms with van der Waals surface area (Å²) in [5.41, 5.74) is 1.10. The molecule has 1 aromatic carbocycles. The first kappa shape index (κ1) is 18.3. The van der Waals surface area contributed by atoms with Crippen LogP contribution in [0.25, 0.3) is 0 Å². The van der Waals surface area contributed by atoms with E-state index in [0.717, 1.165) is 35.7 Å². The zero-order valence-corrected chi connectivity index (χ0v) is 14.9. The lowest BCUT2D eigenvalue weighted by Crippen LogP contribution is -2.51. The summed E-state index contributed by atoms with van der Waals surface area (Å²) in [6.45, 7) is 7.64. The molecule has 0 saturated carbocycles. The number of hydrogen-bond donors (Lipinski definition) is 1. The quantitative estimate of drug-likeness (QED) is 0.781. The first-order chi connectivity index (χ1) is 9.90. The largest absolute Gasteiger partial charge is 0.496 e. The van der Waals surface area contributed by atoms with Crippen molar-refractivity contribution in [2.75, 3.05) is 27.7 Å². The molecule has 0 spiro atoms. The van der Waals surface area contributed by atoms with E-state index >= 15 is 0 Å². The molecule has 0 aliphatic rings. The van der Waals surface area contributed by atoms with Crippen LogP contribution >= 0.6 is 11.6 Å². The summed E-state index contributed by atoms with van der Waals surface area (Å²) in [5.74, 6) is 0.884. The van der Waals surface area contributed by atoms with Crippen LogP contribution in [0.15, 0.2) is 18.2 Å². The Morgan fingerprint density at radius 1 is 1.33 bits per heavy atom. The Bertz CT molecular complexity index is 450. The Kier molecular flexibility index (Phi) is 6.98. The second-order valence-corrected chi connectivity index (χ2v) is 6.31. The Hall–Kier alpha value is -0.770. The monoisotopic (exact) mass is 312 g/mol. The number of likely N-dealkylation sites (N-methyl/N-ethyl adjacent to an activating group) is 1. The Morgan fingerprint density at radius 2 is 2.00 bits per heavy atom. The standard InChI is InChI=1S/C17H29ClN2O/c1-7-11-19-16(17(3,8-2)20(4)5)14-12-13(18)9-10-15(14)21-6/h9-10,12,16,19H,7-8,11H2,1-6H3. The molecule has 0 heterocycles. The molecule has 1 aromatic rings. The third-order valence-corrected chi connectivity index (χ3v) is 4.70. The van der Waals surface area contributed by atoms with Gasteiger partial charge in [-0.3, -0.25) is 0 Å². The van der Waals surface area contributed by atoms with E-state index in [0.29, 0.717) is 0 Å². The predicted molar refractivity (Wildman–Crippen MR) is 91.4 cm³/mol. The number of rotatable bonds is 8. The molecule has 0 aliphatic carbocycles. The maximum absolute atomic E-state index is 6.23. The summed E-state index contributed by atoms with van der Waals surface area (Å²) >= 11 is 6.23. The molecule has 0 aliphatic heterocycles. The molecule has 1 rings (SSSR count). The Balaban J connectivity index is 3.33. The van der Waals surface area contributed by atoms with Crippen molar-refractivity contribution in [3.05, 3.63) is 28.8 Å². The average molecular weight is 313 g/mol. The number of benzene rings is 1. The fraction of sp³-hybridized carbons (Fsp3) is 0.647. The maximum atomic E-state index is 6.23. The van der Waals surface area contributed by atoms with Gasteiger partial charge in [0, 0.05) is 16.1 Å². The van der Waals surface area contributed by atoms with Crippen LogP contribution < -0.4 is 10.1 Å². The smallest absolute Gasteiger partial charge is 0.123 e. The normalized spacial score (nSPS) is 15.8. The second kappa shape index (κ2) is 8.02. The minimum absolute atomic E-state index is 0.0207. The van der Waals surface area contributed by atoms with Gasteiger partial charge in [0.1, 0.15) is 5.75 Å². The summed E-state index contributed by atoms with van der Waals surface area (Å²) in [7, 11) is 5.96. The van der Waals surface area contributed by atoms with Crippen LogP contribution in [-0.4, -0.2) is 38.2 Å². The first-order valence-electron chi connectivity index (χ1n) is 7.64. The van der Waals surface area contributed by atoms with E-state index in [-0.39, 0.29) is 11.6 Å². The van der Waals surface area contributed by atoms with E-state index in [4.69, 9.17) is 16.3 Å². The zero-order chi connectivity index (χ0) is 16.0. The van der Waals surface area contributed by atoms with Crippen LogP contribution in [0.4, 0.5) is 0 Å². The van der Waals surface area contributed by atoms with Crippen molar-refractivity contribution in [1.82, 2.24) is 10.2 Å². The Labute approximate surface area is 134 Å². The molecule has 2 atom stereocenters. The third kappa shape index (κ3) is 4.12. The van der Waals surface area contributed by atoms with Gasteiger partial charge in [0.05, 0.1) is 13.2 Å². The highest BCUT2D eigenvalue weighted by Gasteiger charge is 2.37. The number of nitrogens with one attached hydrogen (secondary N) is 1. The van der Waals surface area contributed by atoms with Crippen molar-refractivity contribution in [2.24, 2.45) is 0 Å².